The quantitative estimate of drug-likeness (QED) is 0.524. The fraction of sp³-hybridized carbons (Fsp3) is 0.733. The molecule has 0 radical (unpaired) electrons. The minimum atomic E-state index is -0.296. The van der Waals surface area contributed by atoms with Crippen LogP contribution in [-0.4, -0.2) is 16.0 Å². The van der Waals surface area contributed by atoms with Crippen molar-refractivity contribution in [2.24, 2.45) is 10.8 Å². The summed E-state index contributed by atoms with van der Waals surface area (Å²) in [5.41, 5.74) is 2.96. The van der Waals surface area contributed by atoms with E-state index < -0.39 is 0 Å². The highest BCUT2D eigenvalue weighted by Crippen LogP contribution is 2.61. The summed E-state index contributed by atoms with van der Waals surface area (Å²) >= 11 is 3.72. The maximum Gasteiger partial charge on any atom is 0.0707 e. The number of rotatable bonds is 0. The fourth-order valence-corrected chi connectivity index (χ4v) is 4.25. The van der Waals surface area contributed by atoms with Crippen LogP contribution in [0, 0.1) is 10.8 Å². The predicted molar refractivity (Wildman–Crippen MR) is 76.3 cm³/mol. The van der Waals surface area contributed by atoms with Crippen molar-refractivity contribution in [1.29, 1.82) is 0 Å². The van der Waals surface area contributed by atoms with Crippen molar-refractivity contribution in [2.75, 3.05) is 0 Å². The van der Waals surface area contributed by atoms with E-state index in [0.29, 0.717) is 0 Å². The Bertz CT molecular complexity index is 369. The third kappa shape index (κ3) is 1.84. The first-order chi connectivity index (χ1) is 7.81. The Hall–Kier alpha value is -0.0800. The Morgan fingerprint density at radius 1 is 1.47 bits per heavy atom. The van der Waals surface area contributed by atoms with Crippen LogP contribution in [0.2, 0.25) is 0 Å². The van der Waals surface area contributed by atoms with Gasteiger partial charge >= 0.3 is 0 Å². The summed E-state index contributed by atoms with van der Waals surface area (Å²) in [4.78, 5) is 0.160. The Balaban J connectivity index is 2.41. The number of halogens is 1. The third-order valence-electron chi connectivity index (χ3n) is 5.14. The van der Waals surface area contributed by atoms with E-state index in [0.717, 1.165) is 19.3 Å². The summed E-state index contributed by atoms with van der Waals surface area (Å²) in [5.74, 6) is 0. The van der Waals surface area contributed by atoms with Gasteiger partial charge in [-0.25, -0.2) is 0 Å². The third-order valence-corrected chi connectivity index (χ3v) is 6.89. The van der Waals surface area contributed by atoms with Gasteiger partial charge in [-0.15, -0.1) is 0 Å². The Morgan fingerprint density at radius 2 is 2.12 bits per heavy atom. The highest BCUT2D eigenvalue weighted by atomic mass is 79.9. The first-order valence-corrected chi connectivity index (χ1v) is 7.39. The number of aliphatic hydroxyl groups is 1. The van der Waals surface area contributed by atoms with Crippen LogP contribution < -0.4 is 0 Å². The molecule has 1 saturated carbocycles. The monoisotopic (exact) mass is 298 g/mol. The van der Waals surface area contributed by atoms with Gasteiger partial charge in [-0.1, -0.05) is 53.6 Å². The molecule has 0 heterocycles. The second-order valence-corrected chi connectivity index (χ2v) is 7.32. The maximum absolute atomic E-state index is 10.1. The predicted octanol–water partition coefficient (Wildman–Crippen LogP) is 4.21. The molecule has 1 nitrogen and oxygen atoms in total. The molecule has 0 bridgehead atoms. The summed E-state index contributed by atoms with van der Waals surface area (Å²) in [5, 5.41) is 10.1. The molecule has 0 amide bonds. The van der Waals surface area contributed by atoms with Gasteiger partial charge in [0.15, 0.2) is 0 Å². The first kappa shape index (κ1) is 13.4. The number of aliphatic hydroxyl groups excluding tert-OH is 1. The lowest BCUT2D eigenvalue weighted by Gasteiger charge is -2.57. The summed E-state index contributed by atoms with van der Waals surface area (Å²) in [6, 6.07) is 0. The molecule has 1 N–H and O–H groups in total. The van der Waals surface area contributed by atoms with Gasteiger partial charge in [0.05, 0.1) is 6.10 Å². The van der Waals surface area contributed by atoms with Crippen molar-refractivity contribution in [3.8, 4) is 0 Å². The first-order valence-electron chi connectivity index (χ1n) is 6.47. The summed E-state index contributed by atoms with van der Waals surface area (Å²) in [6.45, 7) is 11.0. The van der Waals surface area contributed by atoms with Gasteiger partial charge in [-0.2, -0.15) is 0 Å². The molecule has 17 heavy (non-hydrogen) atoms. The van der Waals surface area contributed by atoms with Gasteiger partial charge < -0.3 is 5.11 Å². The van der Waals surface area contributed by atoms with Crippen molar-refractivity contribution < 1.29 is 5.11 Å². The molecule has 2 aliphatic rings. The molecule has 2 rings (SSSR count). The lowest BCUT2D eigenvalue weighted by atomic mass is 9.50. The summed E-state index contributed by atoms with van der Waals surface area (Å²) < 4.78 is 0. The molecule has 0 aromatic carbocycles. The van der Waals surface area contributed by atoms with Crippen LogP contribution >= 0.6 is 15.9 Å². The molecule has 1 spiro atoms. The average molecular weight is 299 g/mol. The van der Waals surface area contributed by atoms with Crippen molar-refractivity contribution in [3.05, 3.63) is 23.8 Å². The molecule has 0 aromatic heterocycles. The largest absolute Gasteiger partial charge is 0.392 e. The van der Waals surface area contributed by atoms with Crippen molar-refractivity contribution in [1.82, 2.24) is 0 Å². The van der Waals surface area contributed by atoms with Crippen LogP contribution in [0.25, 0.3) is 0 Å². The Morgan fingerprint density at radius 3 is 2.65 bits per heavy atom. The van der Waals surface area contributed by atoms with Crippen LogP contribution in [0.4, 0.5) is 0 Å². The lowest BCUT2D eigenvalue weighted by Crippen LogP contribution is -2.54. The van der Waals surface area contributed by atoms with Gasteiger partial charge in [-0.05, 0) is 38.0 Å². The van der Waals surface area contributed by atoms with Crippen molar-refractivity contribution >= 4 is 15.9 Å². The van der Waals surface area contributed by atoms with Gasteiger partial charge in [0.2, 0.25) is 0 Å². The highest BCUT2D eigenvalue weighted by molar-refractivity contribution is 9.09. The van der Waals surface area contributed by atoms with Gasteiger partial charge in [0.1, 0.15) is 0 Å². The normalized spacial score (nSPS) is 41.5. The number of hydrogen-bond donors (Lipinski definition) is 1. The minimum Gasteiger partial charge on any atom is -0.392 e. The van der Waals surface area contributed by atoms with Crippen molar-refractivity contribution in [3.63, 3.8) is 0 Å². The average Bonchev–Trinajstić information content (AvgIpc) is 2.27. The maximum atomic E-state index is 10.1. The second-order valence-electron chi connectivity index (χ2n) is 6.34. The van der Waals surface area contributed by atoms with Gasteiger partial charge in [0.25, 0.3) is 0 Å². The summed E-state index contributed by atoms with van der Waals surface area (Å²) in [7, 11) is 0. The molecular formula is C15H23BrO. The Kier molecular flexibility index (Phi) is 3.33. The van der Waals surface area contributed by atoms with Gasteiger partial charge in [-0.3, -0.25) is 0 Å². The fourth-order valence-electron chi connectivity index (χ4n) is 3.62. The van der Waals surface area contributed by atoms with Crippen LogP contribution in [0.3, 0.4) is 0 Å². The molecule has 1 fully saturated rings. The molecule has 96 valence electrons. The lowest BCUT2D eigenvalue weighted by molar-refractivity contribution is 0.00123. The second kappa shape index (κ2) is 4.24. The molecular weight excluding hydrogens is 276 g/mol. The minimum absolute atomic E-state index is 0.0545. The topological polar surface area (TPSA) is 20.2 Å². The smallest absolute Gasteiger partial charge is 0.0707 e. The molecule has 0 unspecified atom stereocenters. The molecule has 0 aromatic rings. The molecule has 2 heteroatoms. The van der Waals surface area contributed by atoms with E-state index in [2.05, 4.69) is 49.4 Å². The molecule has 2 aliphatic carbocycles. The zero-order valence-electron chi connectivity index (χ0n) is 11.1. The van der Waals surface area contributed by atoms with E-state index in [-0.39, 0.29) is 21.8 Å². The van der Waals surface area contributed by atoms with E-state index in [1.807, 2.05) is 0 Å². The number of alkyl halides is 1. The van der Waals surface area contributed by atoms with E-state index in [4.69, 9.17) is 0 Å². The molecule has 0 aliphatic heterocycles. The highest BCUT2D eigenvalue weighted by Gasteiger charge is 2.55. The van der Waals surface area contributed by atoms with E-state index >= 15 is 0 Å². The standard InChI is InChI=1S/C15H23BrO/c1-10-5-7-15(8-6-10)11(2)9-12(17)13(16)14(15,3)4/h5,12-13,17H,2,6-9H2,1,3-4H3/t12-,13+,15-/m0/s1. The van der Waals surface area contributed by atoms with Crippen LogP contribution in [0.1, 0.15) is 46.5 Å². The molecule has 0 saturated heterocycles. The van der Waals surface area contributed by atoms with E-state index in [9.17, 15) is 5.11 Å². The van der Waals surface area contributed by atoms with Crippen LogP contribution in [-0.2, 0) is 0 Å². The van der Waals surface area contributed by atoms with Crippen LogP contribution in [0.5, 0.6) is 0 Å². The van der Waals surface area contributed by atoms with E-state index in [1.54, 1.807) is 0 Å². The van der Waals surface area contributed by atoms with E-state index in [1.165, 1.54) is 17.6 Å². The van der Waals surface area contributed by atoms with Crippen LogP contribution in [0.15, 0.2) is 23.8 Å². The SMILES string of the molecule is C=C1C[C@H](O)[C@@H](Br)C(C)(C)[C@]12CC=C(C)CC2. The summed E-state index contributed by atoms with van der Waals surface area (Å²) in [6.07, 6.45) is 6.24. The van der Waals surface area contributed by atoms with Gasteiger partial charge in [0, 0.05) is 10.2 Å². The Labute approximate surface area is 113 Å². The number of hydrogen-bond acceptors (Lipinski definition) is 1. The number of allylic oxidation sites excluding steroid dienone is 2. The molecule has 3 atom stereocenters. The zero-order valence-corrected chi connectivity index (χ0v) is 12.7. The van der Waals surface area contributed by atoms with Crippen molar-refractivity contribution in [2.45, 2.75) is 57.4 Å². The zero-order chi connectivity index (χ0) is 12.8.